The summed E-state index contributed by atoms with van der Waals surface area (Å²) in [5.41, 5.74) is 15.7. The predicted octanol–water partition coefficient (Wildman–Crippen LogP) is 9.67. The number of piperazine rings is 1. The Morgan fingerprint density at radius 3 is 2.19 bits per heavy atom. The number of hydrogen-bond acceptors (Lipinski definition) is 29. The molecule has 7 aliphatic rings. The molecule has 15 atom stereocenters. The Labute approximate surface area is 773 Å². The van der Waals surface area contributed by atoms with E-state index in [1.165, 1.54) is 23.9 Å². The number of hydrogen-bond donors (Lipinski definition) is 4. The minimum Gasteiger partial charge on any atom is -0.460 e. The lowest BCUT2D eigenvalue weighted by Gasteiger charge is -2.42. The van der Waals surface area contributed by atoms with E-state index < -0.39 is 102 Å². The van der Waals surface area contributed by atoms with Crippen LogP contribution in [0.15, 0.2) is 103 Å². The molecule has 11 heterocycles. The highest BCUT2D eigenvalue weighted by Crippen LogP contribution is 2.40. The summed E-state index contributed by atoms with van der Waals surface area (Å²) >= 11 is 0. The van der Waals surface area contributed by atoms with Gasteiger partial charge in [0, 0.05) is 152 Å². The van der Waals surface area contributed by atoms with E-state index in [-0.39, 0.29) is 61.7 Å². The van der Waals surface area contributed by atoms with Gasteiger partial charge >= 0.3 is 12.1 Å². The molecule has 6 aliphatic heterocycles. The number of anilines is 2. The number of esters is 1. The van der Waals surface area contributed by atoms with E-state index >= 15 is 0 Å². The molecular formula is C98H136N14O20. The van der Waals surface area contributed by atoms with Crippen molar-refractivity contribution in [2.45, 2.75) is 219 Å². The van der Waals surface area contributed by atoms with E-state index in [0.717, 1.165) is 83.7 Å². The average molecular weight is 1830 g/mol. The molecule has 2 bridgehead atoms. The number of fused-ring (bicyclic) bond motifs is 7. The van der Waals surface area contributed by atoms with Gasteiger partial charge in [-0.3, -0.25) is 28.9 Å². The Kier molecular flexibility index (Phi) is 36.3. The third-order valence-electron chi connectivity index (χ3n) is 27.2. The Balaban J connectivity index is 0.497. The second kappa shape index (κ2) is 48.0. The first kappa shape index (κ1) is 99.8. The zero-order chi connectivity index (χ0) is 93.5. The number of aliphatic hydroxyl groups excluding tert-OH is 1. The first-order valence-corrected chi connectivity index (χ1v) is 47.2. The molecule has 34 nitrogen and oxygen atoms in total. The molecule has 1 saturated carbocycles. The van der Waals surface area contributed by atoms with Gasteiger partial charge in [-0.1, -0.05) is 89.3 Å². The van der Waals surface area contributed by atoms with Crippen molar-refractivity contribution in [1.82, 2.24) is 59.3 Å². The molecule has 132 heavy (non-hydrogen) atoms. The van der Waals surface area contributed by atoms with Gasteiger partial charge in [-0.05, 0) is 142 Å². The number of benzene rings is 1. The number of amides is 3. The van der Waals surface area contributed by atoms with Crippen molar-refractivity contribution < 1.29 is 95.9 Å². The summed E-state index contributed by atoms with van der Waals surface area (Å²) in [6.45, 7) is 23.2. The van der Waals surface area contributed by atoms with Crippen LogP contribution in [0, 0.1) is 35.5 Å². The molecule has 1 aromatic carbocycles. The minimum absolute atomic E-state index is 0.0183. The molecule has 4 fully saturated rings. The number of nitrogens with two attached hydrogens (primary N) is 1. The Hall–Kier alpha value is -9.69. The van der Waals surface area contributed by atoms with Gasteiger partial charge in [0.15, 0.2) is 11.4 Å². The number of aromatic nitrogens is 8. The standard InChI is InChI=1S/C98H136N14O20/c1-62-16-12-11-13-17-63(2)81(122-8)54-76-23-19-68(7)98(121,132-76)90(117)94(118)111-30-15-14-18-78(111)95(119)130-82(55-79(113)64(3)49-67(6)88(116)89(124-10)87(115)66(5)48-62)65(4)50-69-21-24-80(83(52-69)123-9)131-97(120)110-32-27-77-75(60-110)57-102-96(105-77)108-35-33-107(34-36-108)37-39-126-41-43-128-45-47-129-46-44-127-42-40-125-38-28-84(114)109-31-26-71-51-70(20-22-73(71)59-109)58-112-93-85(91(99)103-61-104-93)86(106-112)74-53-72-25-29-100-92(72)101-56-74/h11-13,16-17,20,22,25,29,49,51,53,56-57,61-62,64-66,68-69,76,78,80-83,88-89,116,121H,14-15,18-19,21,23-24,26-28,30-48,50,52,54-55,58-60H2,1-10H3,(H,100,101)(H2,99,103,104)/b13-11+,16-12+,63-17+,67-49+/t62-,64-,65-,66-,68-,69?,76+,78+,80-,81+,82+,83-,88-,89+,98-/m1/s1. The second-order valence-electron chi connectivity index (χ2n) is 36.7. The number of ether oxygens (including phenoxy) is 11. The summed E-state index contributed by atoms with van der Waals surface area (Å²) in [7, 11) is 4.54. The van der Waals surface area contributed by atoms with Gasteiger partial charge in [-0.2, -0.15) is 5.10 Å². The first-order valence-electron chi connectivity index (χ1n) is 47.2. The van der Waals surface area contributed by atoms with Crippen molar-refractivity contribution in [3.8, 4) is 11.3 Å². The van der Waals surface area contributed by atoms with E-state index in [1.807, 2.05) is 92.2 Å². The molecule has 34 heteroatoms. The Morgan fingerprint density at radius 2 is 1.45 bits per heavy atom. The number of H-pyrrole nitrogens is 1. The average Bonchev–Trinajstić information content (AvgIpc) is 1.78. The summed E-state index contributed by atoms with van der Waals surface area (Å²) in [6, 6.07) is 9.16. The molecule has 0 spiro atoms. The number of carbonyl (C=O) groups is 7. The Bertz CT molecular complexity index is 5030. The van der Waals surface area contributed by atoms with Crippen molar-refractivity contribution in [2.75, 3.05) is 150 Å². The van der Waals surface area contributed by atoms with Gasteiger partial charge in [-0.25, -0.2) is 39.2 Å². The smallest absolute Gasteiger partial charge is 0.410 e. The molecule has 3 amide bonds. The number of nitrogens with one attached hydrogen (secondary N) is 1. The van der Waals surface area contributed by atoms with Crippen molar-refractivity contribution in [2.24, 2.45) is 35.5 Å². The third-order valence-corrected chi connectivity index (χ3v) is 27.2. The molecule has 5 N–H and O–H groups in total. The van der Waals surface area contributed by atoms with Gasteiger partial charge in [0.2, 0.25) is 17.6 Å². The summed E-state index contributed by atoms with van der Waals surface area (Å²) in [5.74, 6) is -7.55. The van der Waals surface area contributed by atoms with Crippen LogP contribution in [0.1, 0.15) is 160 Å². The van der Waals surface area contributed by atoms with E-state index in [2.05, 4.69) is 47.9 Å². The summed E-state index contributed by atoms with van der Waals surface area (Å²) < 4.78 is 67.3. The molecule has 6 aromatic rings. The van der Waals surface area contributed by atoms with Crippen LogP contribution in [-0.2, 0) is 113 Å². The number of pyridine rings is 1. The van der Waals surface area contributed by atoms with Crippen molar-refractivity contribution in [3.05, 3.63) is 131 Å². The van der Waals surface area contributed by atoms with Crippen LogP contribution in [0.5, 0.6) is 0 Å². The van der Waals surface area contributed by atoms with E-state index in [9.17, 15) is 43.8 Å². The van der Waals surface area contributed by atoms with Crippen LogP contribution < -0.4 is 10.6 Å². The maximum absolute atomic E-state index is 14.9. The van der Waals surface area contributed by atoms with Crippen molar-refractivity contribution >= 4 is 75.1 Å². The Morgan fingerprint density at radius 1 is 0.712 bits per heavy atom. The fraction of sp³-hybridized carbons (Fsp3) is 0.622. The zero-order valence-electron chi connectivity index (χ0n) is 78.4. The number of aliphatic hydroxyl groups is 2. The van der Waals surface area contributed by atoms with Crippen LogP contribution in [0.4, 0.5) is 16.6 Å². The zero-order valence-corrected chi connectivity index (χ0v) is 78.4. The number of allylic oxidation sites excluding steroid dienone is 6. The molecule has 13 rings (SSSR count). The number of carbonyl (C=O) groups excluding carboxylic acids is 7. The van der Waals surface area contributed by atoms with Crippen LogP contribution in [0.25, 0.3) is 33.3 Å². The second-order valence-corrected chi connectivity index (χ2v) is 36.7. The lowest BCUT2D eigenvalue weighted by atomic mass is 9.78. The number of nitrogens with zero attached hydrogens (tertiary/aromatic N) is 12. The van der Waals surface area contributed by atoms with Crippen LogP contribution in [-0.4, -0.2) is 305 Å². The van der Waals surface area contributed by atoms with Gasteiger partial charge in [0.1, 0.15) is 59.7 Å². The SMILES string of the molecule is CO[C@H]1C[C@@H]2CC[C@@H](C)[C@@](O)(O2)C(=O)C(=O)N2CCCC[C@H]2C(=O)O[C@H]([C@H](C)CC2CC[C@@H](OC(=O)N3CCc4nc(N5CCN(CCOCCOCCOCCOCCOCCC(=O)N6CCc7cc(Cn8nc(-c9cnc%10[nH]ccc%10c9)c9c(N)ncnc98)ccc7C6)CC5)ncc4C3)[C@H](OC)C2)CC(=O)[C@H](C)/C=C(\C)[C@@H](O)[C@@H](OC)C(=O)[C@H](C)C[C@H](C)/C=C/C=C/C=C/1C. The minimum atomic E-state index is -2.48. The quantitative estimate of drug-likeness (QED) is 0.0147. The number of ketones is 3. The number of piperidine rings is 1. The summed E-state index contributed by atoms with van der Waals surface area (Å²) in [5, 5.41) is 30.5. The number of nitrogen functional groups attached to an aromatic ring is 1. The van der Waals surface area contributed by atoms with Crippen molar-refractivity contribution in [1.29, 1.82) is 0 Å². The predicted molar refractivity (Wildman–Crippen MR) is 492 cm³/mol. The number of methoxy groups -OCH3 is 3. The van der Waals surface area contributed by atoms with Crippen LogP contribution in [0.3, 0.4) is 0 Å². The number of Topliss-reactive ketones (excluding diaryl/α,β-unsaturated/α-hetero) is 3. The molecule has 0 radical (unpaired) electrons. The van der Waals surface area contributed by atoms with Crippen LogP contribution in [0.2, 0.25) is 0 Å². The fourth-order valence-corrected chi connectivity index (χ4v) is 19.2. The summed E-state index contributed by atoms with van der Waals surface area (Å²) in [4.78, 5) is 136. The first-order chi connectivity index (χ1) is 63.8. The van der Waals surface area contributed by atoms with E-state index in [1.54, 1.807) is 52.2 Å². The topological polar surface area (TPSA) is 402 Å². The number of cyclic esters (lactones) is 1. The van der Waals surface area contributed by atoms with E-state index in [0.29, 0.717) is 197 Å². The van der Waals surface area contributed by atoms with Gasteiger partial charge in [0.25, 0.3) is 11.7 Å². The fourth-order valence-electron chi connectivity index (χ4n) is 19.2. The van der Waals surface area contributed by atoms with Gasteiger partial charge in [-0.15, -0.1) is 0 Å². The normalized spacial score (nSPS) is 27.8. The highest BCUT2D eigenvalue weighted by molar-refractivity contribution is 6.39. The molecular weight excluding hydrogens is 1690 g/mol. The highest BCUT2D eigenvalue weighted by atomic mass is 16.6. The van der Waals surface area contributed by atoms with Gasteiger partial charge in [0.05, 0.1) is 115 Å². The lowest BCUT2D eigenvalue weighted by molar-refractivity contribution is -0.265. The van der Waals surface area contributed by atoms with Gasteiger partial charge < -0.3 is 92.6 Å². The molecule has 718 valence electrons. The largest absolute Gasteiger partial charge is 0.460 e. The number of rotatable bonds is 29. The monoisotopic (exact) mass is 1830 g/mol. The number of aromatic amines is 1. The maximum Gasteiger partial charge on any atom is 0.410 e. The summed E-state index contributed by atoms with van der Waals surface area (Å²) in [6.07, 6.45) is 18.1. The third kappa shape index (κ3) is 25.9. The molecule has 1 unspecified atom stereocenters. The molecule has 5 aromatic heterocycles. The van der Waals surface area contributed by atoms with E-state index in [4.69, 9.17) is 72.9 Å². The molecule has 1 aliphatic carbocycles. The maximum atomic E-state index is 14.9. The van der Waals surface area contributed by atoms with Crippen molar-refractivity contribution in [3.63, 3.8) is 0 Å². The highest BCUT2D eigenvalue weighted by Gasteiger charge is 2.53. The van der Waals surface area contributed by atoms with Crippen LogP contribution >= 0.6 is 0 Å². The lowest BCUT2D eigenvalue weighted by Crippen LogP contribution is -2.61. The molecule has 3 saturated heterocycles.